The van der Waals surface area contributed by atoms with Gasteiger partial charge >= 0.3 is 0 Å². The summed E-state index contributed by atoms with van der Waals surface area (Å²) in [7, 11) is 0. The number of hydrogen-bond acceptors (Lipinski definition) is 2. The van der Waals surface area contributed by atoms with Crippen molar-refractivity contribution >= 4 is 0 Å². The highest BCUT2D eigenvalue weighted by Gasteiger charge is 2.11. The van der Waals surface area contributed by atoms with E-state index in [0.29, 0.717) is 12.6 Å². The molecular weight excluding hydrogens is 174 g/mol. The Bertz CT molecular complexity index is 244. The normalized spacial score (nSPS) is 11.2. The number of benzene rings is 1. The van der Waals surface area contributed by atoms with Gasteiger partial charge in [-0.05, 0) is 19.0 Å². The van der Waals surface area contributed by atoms with Crippen LogP contribution in [-0.2, 0) is 0 Å². The van der Waals surface area contributed by atoms with Gasteiger partial charge < -0.3 is 5.11 Å². The van der Waals surface area contributed by atoms with Crippen LogP contribution in [0.3, 0.4) is 0 Å². The predicted octanol–water partition coefficient (Wildman–Crippen LogP) is 2.44. The molecule has 0 atom stereocenters. The molecule has 1 N–H and O–H groups in total. The Hall–Kier alpha value is -0.860. The van der Waals surface area contributed by atoms with Crippen LogP contribution in [0.4, 0.5) is 0 Å². The van der Waals surface area contributed by atoms with Crippen molar-refractivity contribution in [3.63, 3.8) is 0 Å². The first-order valence-corrected chi connectivity index (χ1v) is 4.91. The summed E-state index contributed by atoms with van der Waals surface area (Å²) in [6, 6.07) is 9.63. The minimum Gasteiger partial charge on any atom is -0.380 e. The van der Waals surface area contributed by atoms with E-state index in [4.69, 9.17) is 0 Å². The lowest BCUT2D eigenvalue weighted by molar-refractivity contribution is 0.248. The molecule has 14 heavy (non-hydrogen) atoms. The van der Waals surface area contributed by atoms with E-state index in [0.717, 1.165) is 12.1 Å². The van der Waals surface area contributed by atoms with Gasteiger partial charge in [-0.2, -0.15) is 0 Å². The van der Waals surface area contributed by atoms with E-state index in [1.54, 1.807) is 0 Å². The van der Waals surface area contributed by atoms with E-state index in [-0.39, 0.29) is 0 Å². The molecule has 76 valence electrons. The Labute approximate surface area is 86.2 Å². The fraction of sp³-hybridized carbons (Fsp3) is 0.333. The SMILES string of the molecule is C[CH]N(CC)C[C](O)c1ccccc1. The van der Waals surface area contributed by atoms with Gasteiger partial charge in [0.2, 0.25) is 0 Å². The average molecular weight is 191 g/mol. The third-order valence-electron chi connectivity index (χ3n) is 2.23. The second kappa shape index (κ2) is 5.78. The van der Waals surface area contributed by atoms with Crippen molar-refractivity contribution in [3.05, 3.63) is 48.5 Å². The Morgan fingerprint density at radius 3 is 2.50 bits per heavy atom. The Morgan fingerprint density at radius 1 is 1.36 bits per heavy atom. The van der Waals surface area contributed by atoms with E-state index >= 15 is 0 Å². The van der Waals surface area contributed by atoms with Crippen LogP contribution in [0.5, 0.6) is 0 Å². The van der Waals surface area contributed by atoms with Crippen LogP contribution in [0.1, 0.15) is 19.4 Å². The highest BCUT2D eigenvalue weighted by Crippen LogP contribution is 2.12. The first-order valence-electron chi connectivity index (χ1n) is 4.91. The van der Waals surface area contributed by atoms with Crippen LogP contribution >= 0.6 is 0 Å². The van der Waals surface area contributed by atoms with Gasteiger partial charge in [-0.1, -0.05) is 37.3 Å². The van der Waals surface area contributed by atoms with Gasteiger partial charge in [0.25, 0.3) is 0 Å². The maximum Gasteiger partial charge on any atom is 0.136 e. The summed E-state index contributed by atoms with van der Waals surface area (Å²) in [6.45, 7) is 7.52. The molecule has 0 spiro atoms. The van der Waals surface area contributed by atoms with Crippen LogP contribution in [0, 0.1) is 12.6 Å². The molecule has 0 heterocycles. The summed E-state index contributed by atoms with van der Waals surface area (Å²) >= 11 is 0. The van der Waals surface area contributed by atoms with Crippen molar-refractivity contribution in [1.29, 1.82) is 0 Å². The molecule has 0 unspecified atom stereocenters. The lowest BCUT2D eigenvalue weighted by Crippen LogP contribution is -2.25. The molecule has 0 saturated carbocycles. The fourth-order valence-electron chi connectivity index (χ4n) is 1.30. The van der Waals surface area contributed by atoms with Crippen molar-refractivity contribution in [2.24, 2.45) is 0 Å². The van der Waals surface area contributed by atoms with E-state index in [1.165, 1.54) is 0 Å². The second-order valence-corrected chi connectivity index (χ2v) is 3.13. The molecule has 0 fully saturated rings. The fourth-order valence-corrected chi connectivity index (χ4v) is 1.30. The van der Waals surface area contributed by atoms with E-state index in [1.807, 2.05) is 43.8 Å². The maximum absolute atomic E-state index is 9.81. The topological polar surface area (TPSA) is 23.5 Å². The zero-order valence-corrected chi connectivity index (χ0v) is 8.77. The molecule has 2 nitrogen and oxygen atoms in total. The molecule has 2 heteroatoms. The predicted molar refractivity (Wildman–Crippen MR) is 57.9 cm³/mol. The van der Waals surface area contributed by atoms with Gasteiger partial charge in [-0.15, -0.1) is 0 Å². The molecule has 0 saturated heterocycles. The van der Waals surface area contributed by atoms with Gasteiger partial charge in [-0.3, -0.25) is 4.90 Å². The summed E-state index contributed by atoms with van der Waals surface area (Å²) in [5, 5.41) is 9.81. The van der Waals surface area contributed by atoms with Crippen molar-refractivity contribution in [1.82, 2.24) is 4.90 Å². The summed E-state index contributed by atoms with van der Waals surface area (Å²) < 4.78 is 0. The molecule has 1 aromatic carbocycles. The Kier molecular flexibility index (Phi) is 4.63. The first kappa shape index (κ1) is 11.2. The number of hydrogen-bond donors (Lipinski definition) is 1. The molecule has 2 radical (unpaired) electrons. The summed E-state index contributed by atoms with van der Waals surface area (Å²) in [5.74, 6) is 0. The average Bonchev–Trinajstić information content (AvgIpc) is 2.26. The molecular formula is C12H17NO. The van der Waals surface area contributed by atoms with Crippen molar-refractivity contribution in [2.75, 3.05) is 13.1 Å². The monoisotopic (exact) mass is 191 g/mol. The van der Waals surface area contributed by atoms with Gasteiger partial charge in [0.1, 0.15) is 6.10 Å². The first-order chi connectivity index (χ1) is 6.77. The van der Waals surface area contributed by atoms with Crippen LogP contribution in [0.2, 0.25) is 0 Å². The summed E-state index contributed by atoms with van der Waals surface area (Å²) in [6.07, 6.45) is 0.422. The number of likely N-dealkylation sites (N-methyl/N-ethyl adjacent to an activating group) is 1. The van der Waals surface area contributed by atoms with Crippen molar-refractivity contribution in [2.45, 2.75) is 13.8 Å². The third kappa shape index (κ3) is 3.13. The minimum absolute atomic E-state index is 0.422. The van der Waals surface area contributed by atoms with E-state index < -0.39 is 0 Å². The zero-order valence-electron chi connectivity index (χ0n) is 8.77. The van der Waals surface area contributed by atoms with Crippen molar-refractivity contribution < 1.29 is 5.11 Å². The summed E-state index contributed by atoms with van der Waals surface area (Å²) in [4.78, 5) is 2.06. The molecule has 0 aliphatic rings. The molecule has 1 rings (SSSR count). The highest BCUT2D eigenvalue weighted by molar-refractivity contribution is 5.26. The highest BCUT2D eigenvalue weighted by atomic mass is 16.3. The second-order valence-electron chi connectivity index (χ2n) is 3.13. The molecule has 0 aromatic heterocycles. The zero-order chi connectivity index (χ0) is 10.4. The lowest BCUT2D eigenvalue weighted by atomic mass is 10.1. The standard InChI is InChI=1S/C12H17NO/c1-3-13(4-2)10-12(14)11-8-6-5-7-9-11/h3,5-9,14H,4,10H2,1-2H3. The molecule has 0 amide bonds. The number of aliphatic hydroxyl groups is 1. The number of nitrogens with zero attached hydrogens (tertiary/aromatic N) is 1. The molecule has 0 bridgehead atoms. The summed E-state index contributed by atoms with van der Waals surface area (Å²) in [5.41, 5.74) is 0.896. The minimum atomic E-state index is 0.422. The quantitative estimate of drug-likeness (QED) is 0.772. The Morgan fingerprint density at radius 2 is 2.00 bits per heavy atom. The van der Waals surface area contributed by atoms with Gasteiger partial charge in [0.05, 0.1) is 0 Å². The van der Waals surface area contributed by atoms with Crippen molar-refractivity contribution in [3.8, 4) is 0 Å². The van der Waals surface area contributed by atoms with Crippen LogP contribution in [0.15, 0.2) is 30.3 Å². The molecule has 0 aliphatic carbocycles. The van der Waals surface area contributed by atoms with Crippen LogP contribution in [0.25, 0.3) is 0 Å². The van der Waals surface area contributed by atoms with Crippen LogP contribution in [-0.4, -0.2) is 23.1 Å². The van der Waals surface area contributed by atoms with E-state index in [9.17, 15) is 5.11 Å². The third-order valence-corrected chi connectivity index (χ3v) is 2.23. The smallest absolute Gasteiger partial charge is 0.136 e. The largest absolute Gasteiger partial charge is 0.380 e. The van der Waals surface area contributed by atoms with Gasteiger partial charge in [-0.25, -0.2) is 0 Å². The number of rotatable bonds is 5. The molecule has 0 aliphatic heterocycles. The maximum atomic E-state index is 9.81. The van der Waals surface area contributed by atoms with Crippen LogP contribution < -0.4 is 0 Å². The number of aliphatic hydroxyl groups excluding tert-OH is 1. The van der Waals surface area contributed by atoms with Gasteiger partial charge in [0.15, 0.2) is 0 Å². The van der Waals surface area contributed by atoms with Gasteiger partial charge in [0, 0.05) is 13.1 Å². The lowest BCUT2D eigenvalue weighted by Gasteiger charge is -2.20. The Balaban J connectivity index is 2.54. The molecule has 1 aromatic rings. The van der Waals surface area contributed by atoms with E-state index in [2.05, 4.69) is 11.8 Å².